The summed E-state index contributed by atoms with van der Waals surface area (Å²) < 4.78 is 0.934. The zero-order chi connectivity index (χ0) is 11.4. The lowest BCUT2D eigenvalue weighted by Crippen LogP contribution is -2.23. The van der Waals surface area contributed by atoms with Crippen LogP contribution in [0.4, 0.5) is 5.69 Å². The number of anilines is 1. The normalized spacial score (nSPS) is 14.5. The first kappa shape index (κ1) is 11.4. The largest absolute Gasteiger partial charge is 0.384 e. The molecule has 1 aromatic rings. The molecule has 1 saturated carbocycles. The van der Waals surface area contributed by atoms with Gasteiger partial charge in [-0.2, -0.15) is 5.26 Å². The van der Waals surface area contributed by atoms with Gasteiger partial charge in [0.2, 0.25) is 0 Å². The van der Waals surface area contributed by atoms with Crippen molar-refractivity contribution in [3.63, 3.8) is 0 Å². The molecule has 0 bridgehead atoms. The van der Waals surface area contributed by atoms with Crippen LogP contribution in [-0.2, 0) is 0 Å². The van der Waals surface area contributed by atoms with E-state index in [0.717, 1.165) is 29.3 Å². The van der Waals surface area contributed by atoms with Crippen LogP contribution in [0.3, 0.4) is 0 Å². The summed E-state index contributed by atoms with van der Waals surface area (Å²) in [5.74, 6) is 0. The monoisotopic (exact) mass is 279 g/mol. The van der Waals surface area contributed by atoms with E-state index in [4.69, 9.17) is 5.26 Å². The van der Waals surface area contributed by atoms with Crippen LogP contribution < -0.4 is 10.6 Å². The van der Waals surface area contributed by atoms with E-state index in [1.165, 1.54) is 12.8 Å². The van der Waals surface area contributed by atoms with E-state index in [9.17, 15) is 0 Å². The van der Waals surface area contributed by atoms with E-state index < -0.39 is 0 Å². The molecule has 0 amide bonds. The Bertz CT molecular complexity index is 407. The Kier molecular flexibility index (Phi) is 3.81. The summed E-state index contributed by atoms with van der Waals surface area (Å²) in [6.07, 6.45) is 2.63. The smallest absolute Gasteiger partial charge is 0.0992 e. The fourth-order valence-electron chi connectivity index (χ4n) is 1.53. The summed E-state index contributed by atoms with van der Waals surface area (Å²) >= 11 is 3.39. The number of rotatable bonds is 5. The number of nitriles is 1. The lowest BCUT2D eigenvalue weighted by molar-refractivity contribution is 0.701. The highest BCUT2D eigenvalue weighted by molar-refractivity contribution is 9.10. The van der Waals surface area contributed by atoms with Gasteiger partial charge in [0.25, 0.3) is 0 Å². The van der Waals surface area contributed by atoms with Gasteiger partial charge >= 0.3 is 0 Å². The lowest BCUT2D eigenvalue weighted by Gasteiger charge is -2.08. The molecule has 0 unspecified atom stereocenters. The number of hydrogen-bond acceptors (Lipinski definition) is 3. The van der Waals surface area contributed by atoms with E-state index >= 15 is 0 Å². The van der Waals surface area contributed by atoms with Crippen LogP contribution in [0.2, 0.25) is 0 Å². The first-order valence-corrected chi connectivity index (χ1v) is 6.25. The predicted molar refractivity (Wildman–Crippen MR) is 68.4 cm³/mol. The Morgan fingerprint density at radius 3 is 2.81 bits per heavy atom. The molecule has 2 N–H and O–H groups in total. The van der Waals surface area contributed by atoms with Crippen LogP contribution in [-0.4, -0.2) is 19.1 Å². The van der Waals surface area contributed by atoms with Crippen molar-refractivity contribution < 1.29 is 0 Å². The number of nitrogens with zero attached hydrogens (tertiary/aromatic N) is 1. The van der Waals surface area contributed by atoms with Crippen LogP contribution in [0.1, 0.15) is 18.4 Å². The third-order valence-corrected chi connectivity index (χ3v) is 2.95. The van der Waals surface area contributed by atoms with Gasteiger partial charge in [0, 0.05) is 29.3 Å². The zero-order valence-electron chi connectivity index (χ0n) is 8.96. The molecule has 0 aromatic heterocycles. The average Bonchev–Trinajstić information content (AvgIpc) is 3.07. The van der Waals surface area contributed by atoms with Gasteiger partial charge in [0.15, 0.2) is 0 Å². The number of hydrogen-bond donors (Lipinski definition) is 2. The molecule has 0 radical (unpaired) electrons. The van der Waals surface area contributed by atoms with Crippen LogP contribution >= 0.6 is 15.9 Å². The summed E-state index contributed by atoms with van der Waals surface area (Å²) in [4.78, 5) is 0. The molecule has 0 aliphatic heterocycles. The van der Waals surface area contributed by atoms with Crippen LogP contribution in [0.5, 0.6) is 0 Å². The molecule has 1 aliphatic carbocycles. The molecule has 0 saturated heterocycles. The molecule has 1 aromatic carbocycles. The Balaban J connectivity index is 1.83. The molecule has 1 aliphatic rings. The highest BCUT2D eigenvalue weighted by atomic mass is 79.9. The van der Waals surface area contributed by atoms with E-state index in [0.29, 0.717) is 5.56 Å². The third-order valence-electron chi connectivity index (χ3n) is 2.49. The zero-order valence-corrected chi connectivity index (χ0v) is 10.5. The molecule has 4 heteroatoms. The van der Waals surface area contributed by atoms with Crippen molar-refractivity contribution in [3.05, 3.63) is 28.2 Å². The average molecular weight is 280 g/mol. The molecule has 84 valence electrons. The van der Waals surface area contributed by atoms with Crippen LogP contribution in [0, 0.1) is 11.3 Å². The Morgan fingerprint density at radius 1 is 1.31 bits per heavy atom. The first-order chi connectivity index (χ1) is 7.78. The topological polar surface area (TPSA) is 47.9 Å². The van der Waals surface area contributed by atoms with E-state index in [1.54, 1.807) is 0 Å². The van der Waals surface area contributed by atoms with Crippen molar-refractivity contribution >= 4 is 21.6 Å². The fraction of sp³-hybridized carbons (Fsp3) is 0.417. The molecule has 2 rings (SSSR count). The van der Waals surface area contributed by atoms with Crippen molar-refractivity contribution in [2.24, 2.45) is 0 Å². The van der Waals surface area contributed by atoms with Gasteiger partial charge in [-0.05, 0) is 31.0 Å². The second kappa shape index (κ2) is 5.33. The second-order valence-corrected chi connectivity index (χ2v) is 4.91. The van der Waals surface area contributed by atoms with Gasteiger partial charge in [0.05, 0.1) is 11.6 Å². The number of nitrogens with one attached hydrogen (secondary N) is 2. The first-order valence-electron chi connectivity index (χ1n) is 5.46. The van der Waals surface area contributed by atoms with Gasteiger partial charge < -0.3 is 10.6 Å². The maximum absolute atomic E-state index is 8.83. The van der Waals surface area contributed by atoms with Crippen molar-refractivity contribution in [2.75, 3.05) is 18.4 Å². The highest BCUT2D eigenvalue weighted by Crippen LogP contribution is 2.19. The lowest BCUT2D eigenvalue weighted by atomic mass is 10.2. The summed E-state index contributed by atoms with van der Waals surface area (Å²) in [5.41, 5.74) is 1.66. The van der Waals surface area contributed by atoms with E-state index in [-0.39, 0.29) is 0 Å². The minimum Gasteiger partial charge on any atom is -0.384 e. The van der Waals surface area contributed by atoms with Gasteiger partial charge in [-0.1, -0.05) is 15.9 Å². The summed E-state index contributed by atoms with van der Waals surface area (Å²) in [6.45, 7) is 1.86. The van der Waals surface area contributed by atoms with Gasteiger partial charge in [-0.25, -0.2) is 0 Å². The van der Waals surface area contributed by atoms with Gasteiger partial charge in [-0.3, -0.25) is 0 Å². The molecule has 3 nitrogen and oxygen atoms in total. The van der Waals surface area contributed by atoms with Gasteiger partial charge in [0.1, 0.15) is 0 Å². The highest BCUT2D eigenvalue weighted by Gasteiger charge is 2.19. The molecule has 0 spiro atoms. The summed E-state index contributed by atoms with van der Waals surface area (Å²) in [7, 11) is 0. The molecular weight excluding hydrogens is 266 g/mol. The van der Waals surface area contributed by atoms with E-state index in [2.05, 4.69) is 32.6 Å². The SMILES string of the molecule is N#Cc1cc(Br)cc(NCCNC2CC2)c1. The maximum atomic E-state index is 8.83. The maximum Gasteiger partial charge on any atom is 0.0992 e. The van der Waals surface area contributed by atoms with Crippen molar-refractivity contribution in [2.45, 2.75) is 18.9 Å². The Labute approximate surface area is 104 Å². The number of halogens is 1. The molecule has 0 atom stereocenters. The molecule has 1 fully saturated rings. The van der Waals surface area contributed by atoms with Crippen molar-refractivity contribution in [1.29, 1.82) is 5.26 Å². The van der Waals surface area contributed by atoms with Gasteiger partial charge in [-0.15, -0.1) is 0 Å². The quantitative estimate of drug-likeness (QED) is 0.815. The third kappa shape index (κ3) is 3.51. The van der Waals surface area contributed by atoms with Crippen LogP contribution in [0.15, 0.2) is 22.7 Å². The van der Waals surface area contributed by atoms with Crippen molar-refractivity contribution in [3.8, 4) is 6.07 Å². The minimum absolute atomic E-state index is 0.673. The van der Waals surface area contributed by atoms with E-state index in [1.807, 2.05) is 18.2 Å². The summed E-state index contributed by atoms with van der Waals surface area (Å²) in [5, 5.41) is 15.6. The standard InChI is InChI=1S/C12H14BrN3/c13-10-5-9(8-14)6-12(7-10)16-4-3-15-11-1-2-11/h5-7,11,15-16H,1-4H2. The number of benzene rings is 1. The molecule has 16 heavy (non-hydrogen) atoms. The summed E-state index contributed by atoms with van der Waals surface area (Å²) in [6, 6.07) is 8.55. The second-order valence-electron chi connectivity index (χ2n) is 4.00. The Hall–Kier alpha value is -1.05. The molecular formula is C12H14BrN3. The fourth-order valence-corrected chi connectivity index (χ4v) is 2.02. The predicted octanol–water partition coefficient (Wildman–Crippen LogP) is 2.48. The minimum atomic E-state index is 0.673. The Morgan fingerprint density at radius 2 is 2.12 bits per heavy atom. The molecule has 0 heterocycles. The van der Waals surface area contributed by atoms with Crippen LogP contribution in [0.25, 0.3) is 0 Å². The van der Waals surface area contributed by atoms with Crippen molar-refractivity contribution in [1.82, 2.24) is 5.32 Å².